The Bertz CT molecular complexity index is 6750. The molecule has 0 unspecified atom stereocenters. The molecular weight excluding hydrogens is 1780 g/mol. The van der Waals surface area contributed by atoms with Crippen LogP contribution in [0.2, 0.25) is 0 Å². The molecule has 0 amide bonds. The van der Waals surface area contributed by atoms with Gasteiger partial charge in [0.2, 0.25) is 0 Å². The van der Waals surface area contributed by atoms with Gasteiger partial charge in [-0.1, -0.05) is 206 Å². The van der Waals surface area contributed by atoms with Crippen LogP contribution in [0.1, 0.15) is 160 Å². The lowest BCUT2D eigenvalue weighted by atomic mass is 9.99. The van der Waals surface area contributed by atoms with Gasteiger partial charge in [0.15, 0.2) is 28.8 Å². The minimum Gasteiger partial charge on any atom is -0.494 e. The van der Waals surface area contributed by atoms with Crippen molar-refractivity contribution in [2.45, 2.75) is 207 Å². The van der Waals surface area contributed by atoms with Crippen LogP contribution in [0.5, 0.6) is 5.75 Å². The molecule has 7 heterocycles. The Morgan fingerprint density at radius 2 is 0.836 bits per heavy atom. The molecule has 1 atom stereocenters. The van der Waals surface area contributed by atoms with E-state index in [1.807, 2.05) is 107 Å². The van der Waals surface area contributed by atoms with Crippen molar-refractivity contribution in [1.82, 2.24) is 30.4 Å². The topological polar surface area (TPSA) is 204 Å². The summed E-state index contributed by atoms with van der Waals surface area (Å²) in [6.07, 6.45) is 2.04. The Labute approximate surface area is 802 Å². The van der Waals surface area contributed by atoms with Crippen LogP contribution >= 0.6 is 58.8 Å². The van der Waals surface area contributed by atoms with Gasteiger partial charge in [-0.25, -0.2) is 0 Å². The summed E-state index contributed by atoms with van der Waals surface area (Å²) in [6, 6.07) is 77.8. The highest BCUT2D eigenvalue weighted by Crippen LogP contribution is 2.48. The fourth-order valence-corrected chi connectivity index (χ4v) is 19.5. The number of thioether (sulfide) groups is 5. The van der Waals surface area contributed by atoms with Crippen LogP contribution in [0.3, 0.4) is 0 Å². The second-order valence-corrected chi connectivity index (χ2v) is 39.0. The number of carboxylic acids is 1. The van der Waals surface area contributed by atoms with E-state index in [-0.39, 0.29) is 12.0 Å². The Morgan fingerprint density at radius 1 is 0.455 bits per heavy atom. The van der Waals surface area contributed by atoms with Gasteiger partial charge in [0.1, 0.15) is 11.3 Å². The van der Waals surface area contributed by atoms with E-state index >= 15 is 0 Å². The summed E-state index contributed by atoms with van der Waals surface area (Å²) in [7, 11) is 0. The van der Waals surface area contributed by atoms with Crippen LogP contribution in [0, 0.1) is 69.2 Å². The molecule has 10 aromatic carbocycles. The Balaban J connectivity index is 0.000000134. The predicted molar refractivity (Wildman–Crippen MR) is 537 cm³/mol. The number of carboxylic acid groups (broad SMARTS) is 1. The first-order valence-electron chi connectivity index (χ1n) is 44.8. The van der Waals surface area contributed by atoms with Crippen molar-refractivity contribution in [3.05, 3.63) is 349 Å². The van der Waals surface area contributed by atoms with E-state index in [1.165, 1.54) is 109 Å². The number of furan rings is 1. The van der Waals surface area contributed by atoms with Gasteiger partial charge >= 0.3 is 12.1 Å². The average Bonchev–Trinajstić information content (AvgIpc) is 1.63. The van der Waals surface area contributed by atoms with Gasteiger partial charge < -0.3 is 46.2 Å². The summed E-state index contributed by atoms with van der Waals surface area (Å²) in [6.45, 7) is 33.1. The van der Waals surface area contributed by atoms with Crippen LogP contribution in [-0.2, 0) is 63.3 Å². The number of rotatable bonds is 30. The van der Waals surface area contributed by atoms with E-state index in [4.69, 9.17) is 41.6 Å². The molecule has 0 aliphatic heterocycles. The molecule has 0 bridgehead atoms. The molecule has 1 fully saturated rings. The van der Waals surface area contributed by atoms with Crippen LogP contribution in [0.4, 0.5) is 13.2 Å². The smallest absolute Gasteiger partial charge is 0.395 e. The Hall–Kier alpha value is -11.9. The zero-order chi connectivity index (χ0) is 94.7. The number of alkyl halides is 3. The minimum atomic E-state index is -4.22. The van der Waals surface area contributed by atoms with Crippen LogP contribution in [0.25, 0.3) is 78.5 Å². The second kappa shape index (κ2) is 45.4. The highest BCUT2D eigenvalue weighted by atomic mass is 32.2. The van der Waals surface area contributed by atoms with Gasteiger partial charge in [-0.15, -0.1) is 58.8 Å². The number of aromatic nitrogens is 6. The van der Waals surface area contributed by atoms with Crippen LogP contribution in [0.15, 0.2) is 294 Å². The highest BCUT2D eigenvalue weighted by molar-refractivity contribution is 7.99. The monoisotopic (exact) mass is 1890 g/mol. The van der Waals surface area contributed by atoms with Gasteiger partial charge in [-0.05, 0) is 217 Å². The van der Waals surface area contributed by atoms with Crippen molar-refractivity contribution in [3.63, 3.8) is 0 Å². The molecule has 1 N–H and O–H groups in total. The quantitative estimate of drug-likeness (QED) is 0.0416. The highest BCUT2D eigenvalue weighted by Gasteiger charge is 2.39. The van der Waals surface area contributed by atoms with Crippen molar-refractivity contribution < 1.29 is 59.6 Å². The van der Waals surface area contributed by atoms with Gasteiger partial charge in [0.25, 0.3) is 0 Å². The first-order valence-corrected chi connectivity index (χ1v) is 49.7. The summed E-state index contributed by atoms with van der Waals surface area (Å²) >= 11 is 8.51. The third-order valence-corrected chi connectivity index (χ3v) is 28.8. The second-order valence-electron chi connectivity index (χ2n) is 33.8. The Morgan fingerprint density at radius 3 is 1.25 bits per heavy atom. The number of aryl methyl sites for hydroxylation is 7. The summed E-state index contributed by atoms with van der Waals surface area (Å²) in [4.78, 5) is 16.6. The summed E-state index contributed by atoms with van der Waals surface area (Å²) in [5, 5.41) is 32.5. The lowest BCUT2D eigenvalue weighted by Crippen LogP contribution is -2.17. The normalized spacial score (nSPS) is 12.3. The maximum absolute atomic E-state index is 12.8. The van der Waals surface area contributed by atoms with Crippen LogP contribution < -0.4 is 4.74 Å². The molecule has 17 aromatic rings. The summed E-state index contributed by atoms with van der Waals surface area (Å²) < 4.78 is 85.5. The molecule has 134 heavy (non-hydrogen) atoms. The first-order chi connectivity index (χ1) is 64.6. The first kappa shape index (κ1) is 98.1. The van der Waals surface area contributed by atoms with Gasteiger partial charge in [-0.3, -0.25) is 4.79 Å². The van der Waals surface area contributed by atoms with Crippen molar-refractivity contribution >= 4 is 86.7 Å². The number of fused-ring (bicyclic) bond motifs is 2. The van der Waals surface area contributed by atoms with Gasteiger partial charge in [0, 0.05) is 150 Å². The number of hydrogen-bond donors (Lipinski definition) is 1. The number of benzene rings is 10. The molecule has 0 spiro atoms. The molecule has 1 aliphatic carbocycles. The van der Waals surface area contributed by atoms with E-state index < -0.39 is 18.1 Å². The summed E-state index contributed by atoms with van der Waals surface area (Å²) in [5.41, 5.74) is 27.3. The van der Waals surface area contributed by atoms with Gasteiger partial charge in [-0.2, -0.15) is 13.2 Å². The van der Waals surface area contributed by atoms with Crippen molar-refractivity contribution in [2.75, 3.05) is 13.2 Å². The number of hydrogen-bond acceptors (Lipinski definition) is 19. The lowest BCUT2D eigenvalue weighted by molar-refractivity contribution is -0.146. The van der Waals surface area contributed by atoms with E-state index in [2.05, 4.69) is 244 Å². The average molecular weight is 1890 g/mol. The zero-order valence-electron chi connectivity index (χ0n) is 78.1. The molecular formula is C110H111F3N6O10S5. The summed E-state index contributed by atoms with van der Waals surface area (Å²) in [5.74, 6) is 6.34. The maximum atomic E-state index is 12.8. The van der Waals surface area contributed by atoms with E-state index in [0.29, 0.717) is 47.9 Å². The predicted octanol–water partition coefficient (Wildman–Crippen LogP) is 31.3. The van der Waals surface area contributed by atoms with Crippen molar-refractivity contribution in [2.24, 2.45) is 0 Å². The largest absolute Gasteiger partial charge is 0.494 e. The molecule has 18 rings (SSSR count). The number of ether oxygens (including phenoxy) is 2. The van der Waals surface area contributed by atoms with E-state index in [9.17, 15) is 18.0 Å². The maximum Gasteiger partial charge on any atom is 0.395 e. The van der Waals surface area contributed by atoms with E-state index in [0.717, 1.165) is 163 Å². The van der Waals surface area contributed by atoms with Crippen LogP contribution in [-0.4, -0.2) is 60.8 Å². The molecule has 0 saturated heterocycles. The number of nitrogens with zero attached hydrogens (tertiary/aromatic N) is 6. The molecule has 7 aromatic heterocycles. The number of aliphatic carboxylic acids is 1. The van der Waals surface area contributed by atoms with Gasteiger partial charge in [0.05, 0.1) is 60.3 Å². The Kier molecular flexibility index (Phi) is 33.3. The van der Waals surface area contributed by atoms with Crippen molar-refractivity contribution in [1.29, 1.82) is 0 Å². The minimum absolute atomic E-state index is 0.0423. The fourth-order valence-electron chi connectivity index (χ4n) is 14.9. The molecule has 1 aliphatic rings. The fraction of sp³-hybridized carbons (Fsp3) is 0.273. The SMILES string of the molecule is CCOCc1c(CSc2ccc(OCC)c(C)c2)noc1-c1ccc(C)cc1.CCn1ccc2cc(SCc3noc(-c4ccc(C)cc4)c3C)ccc21.Cc1ccc(-c2onc(CSc3ccc(C4(C)CC4)cc3)c2C)cc1.Cc1ccc(-c2onc(CSc3ccc([C@H](C)C(F)(F)F)cc3)c2C)cc1.Cc1ccc(-c2onc(CSc3ccc4c(CC(=O)O)coc4c3)c2C)cc1. The molecule has 692 valence electrons. The molecule has 1 saturated carbocycles. The van der Waals surface area contributed by atoms with Crippen molar-refractivity contribution in [3.8, 4) is 62.4 Å². The standard InChI is InChI=1S/C23H27NO3S.C22H22N2OS.C22H19NO4S.C22H23NOS.C21H20F3NOS/c1-5-25-14-20-21(24-27-23(20)18-9-7-16(3)8-10-18)15-28-19-11-12-22(26-6-2)17(4)13-19;1-4-24-12-11-18-13-19(9-10-21(18)24)26-14-20-16(3)22(25-23-20)17-7-5-15(2)6-8-17;1-13-3-5-15(6-4-13)22-14(2)19(23-27-22)12-28-17-7-8-18-16(9-21(24)25)11-26-20(18)10-17;1-15-4-6-17(7-5-15)21-16(2)20(23-24-21)14-25-19-10-8-18(9-11-19)22(3)12-13-22;1-13-4-6-17(7-5-13)20-14(2)19(25-26-20)12-27-18-10-8-16(9-11-18)15(3)21(22,23)24/h7-13H,5-6,14-15H2,1-4H3;5-13H,4,14H2,1-3H3;3-8,10-11H,9,12H2,1-2H3,(H,24,25);4-11H,12-14H2,1-3H3;4-11,15H,12H2,1-3H3/t;;;;15-/m....0/s1. The van der Waals surface area contributed by atoms with E-state index in [1.54, 1.807) is 47.4 Å². The number of carbonyl (C=O) groups is 1. The molecule has 24 heteroatoms. The third kappa shape index (κ3) is 25.4. The lowest BCUT2D eigenvalue weighted by Gasteiger charge is -2.16. The third-order valence-electron chi connectivity index (χ3n) is 23.8. The zero-order valence-corrected chi connectivity index (χ0v) is 82.2. The molecule has 0 radical (unpaired) electrons. The molecule has 16 nitrogen and oxygen atoms in total. The number of halogens is 3.